The Morgan fingerprint density at radius 2 is 2.10 bits per heavy atom. The third-order valence-electron chi connectivity index (χ3n) is 3.62. The SMILES string of the molecule is COc1cccc(C(N)c2cc(F)c3c(c2)CC(=O)N3)c1. The van der Waals surface area contributed by atoms with Gasteiger partial charge in [-0.1, -0.05) is 18.2 Å². The molecule has 0 radical (unpaired) electrons. The molecule has 0 spiro atoms. The molecule has 5 heteroatoms. The number of rotatable bonds is 3. The summed E-state index contributed by atoms with van der Waals surface area (Å²) in [5.41, 5.74) is 8.58. The summed E-state index contributed by atoms with van der Waals surface area (Å²) >= 11 is 0. The standard InChI is InChI=1S/C16H15FN2O2/c1-21-12-4-2-3-9(6-12)15(18)10-5-11-8-14(20)19-16(11)13(17)7-10/h2-7,15H,8,18H2,1H3,(H,19,20). The van der Waals surface area contributed by atoms with E-state index in [0.717, 1.165) is 5.56 Å². The number of benzene rings is 2. The van der Waals surface area contributed by atoms with Gasteiger partial charge in [0.15, 0.2) is 0 Å². The van der Waals surface area contributed by atoms with E-state index in [2.05, 4.69) is 5.32 Å². The number of carbonyl (C=O) groups excluding carboxylic acids is 1. The molecule has 1 aliphatic rings. The zero-order valence-electron chi connectivity index (χ0n) is 11.5. The highest BCUT2D eigenvalue weighted by molar-refractivity contribution is 5.99. The van der Waals surface area contributed by atoms with Crippen LogP contribution in [0, 0.1) is 5.82 Å². The third kappa shape index (κ3) is 2.48. The van der Waals surface area contributed by atoms with Gasteiger partial charge in [-0.3, -0.25) is 4.79 Å². The first kappa shape index (κ1) is 13.6. The number of hydrogen-bond donors (Lipinski definition) is 2. The maximum atomic E-state index is 14.1. The van der Waals surface area contributed by atoms with Crippen molar-refractivity contribution < 1.29 is 13.9 Å². The summed E-state index contributed by atoms with van der Waals surface area (Å²) in [5.74, 6) is 0.0455. The Bertz CT molecular complexity index is 715. The number of ether oxygens (including phenoxy) is 1. The number of fused-ring (bicyclic) bond motifs is 1. The molecular formula is C16H15FN2O2. The quantitative estimate of drug-likeness (QED) is 0.910. The first-order chi connectivity index (χ1) is 10.1. The van der Waals surface area contributed by atoms with Crippen molar-refractivity contribution in [1.29, 1.82) is 0 Å². The Hall–Kier alpha value is -2.40. The van der Waals surface area contributed by atoms with E-state index in [0.29, 0.717) is 16.9 Å². The number of halogens is 1. The molecule has 1 unspecified atom stereocenters. The minimum atomic E-state index is -0.476. The molecule has 0 bridgehead atoms. The molecule has 21 heavy (non-hydrogen) atoms. The van der Waals surface area contributed by atoms with E-state index in [9.17, 15) is 9.18 Å². The molecule has 1 aliphatic heterocycles. The van der Waals surface area contributed by atoms with Crippen molar-refractivity contribution >= 4 is 11.6 Å². The van der Waals surface area contributed by atoms with E-state index in [1.807, 2.05) is 24.3 Å². The zero-order valence-corrected chi connectivity index (χ0v) is 11.5. The lowest BCUT2D eigenvalue weighted by atomic mass is 9.96. The Morgan fingerprint density at radius 3 is 2.86 bits per heavy atom. The molecule has 0 aliphatic carbocycles. The van der Waals surface area contributed by atoms with Crippen LogP contribution in [0.3, 0.4) is 0 Å². The predicted molar refractivity (Wildman–Crippen MR) is 77.8 cm³/mol. The van der Waals surface area contributed by atoms with Gasteiger partial charge in [0.25, 0.3) is 0 Å². The van der Waals surface area contributed by atoms with Gasteiger partial charge in [0, 0.05) is 0 Å². The highest BCUT2D eigenvalue weighted by atomic mass is 19.1. The highest BCUT2D eigenvalue weighted by Gasteiger charge is 2.23. The Balaban J connectivity index is 1.98. The van der Waals surface area contributed by atoms with Crippen LogP contribution in [-0.4, -0.2) is 13.0 Å². The van der Waals surface area contributed by atoms with Gasteiger partial charge in [-0.15, -0.1) is 0 Å². The fourth-order valence-electron chi connectivity index (χ4n) is 2.53. The van der Waals surface area contributed by atoms with E-state index in [1.54, 1.807) is 13.2 Å². The molecule has 2 aromatic rings. The zero-order chi connectivity index (χ0) is 15.0. The van der Waals surface area contributed by atoms with Crippen molar-refractivity contribution in [3.63, 3.8) is 0 Å². The van der Waals surface area contributed by atoms with Gasteiger partial charge in [-0.05, 0) is 34.9 Å². The Labute approximate surface area is 121 Å². The predicted octanol–water partition coefficient (Wildman–Crippen LogP) is 2.38. The summed E-state index contributed by atoms with van der Waals surface area (Å²) < 4.78 is 19.2. The largest absolute Gasteiger partial charge is 0.497 e. The van der Waals surface area contributed by atoms with Gasteiger partial charge in [0.1, 0.15) is 11.6 Å². The summed E-state index contributed by atoms with van der Waals surface area (Å²) in [6.45, 7) is 0. The fourth-order valence-corrected chi connectivity index (χ4v) is 2.53. The average molecular weight is 286 g/mol. The van der Waals surface area contributed by atoms with Crippen LogP contribution < -0.4 is 15.8 Å². The van der Waals surface area contributed by atoms with E-state index in [-0.39, 0.29) is 18.0 Å². The van der Waals surface area contributed by atoms with Gasteiger partial charge < -0.3 is 15.8 Å². The second-order valence-corrected chi connectivity index (χ2v) is 5.02. The maximum absolute atomic E-state index is 14.1. The number of methoxy groups -OCH3 is 1. The van der Waals surface area contributed by atoms with Crippen molar-refractivity contribution in [2.75, 3.05) is 12.4 Å². The third-order valence-corrected chi connectivity index (χ3v) is 3.62. The molecule has 0 fully saturated rings. The second-order valence-electron chi connectivity index (χ2n) is 5.02. The van der Waals surface area contributed by atoms with Crippen LogP contribution >= 0.6 is 0 Å². The minimum Gasteiger partial charge on any atom is -0.497 e. The molecule has 1 atom stereocenters. The van der Waals surface area contributed by atoms with Crippen LogP contribution in [-0.2, 0) is 11.2 Å². The summed E-state index contributed by atoms with van der Waals surface area (Å²) in [6, 6.07) is 10.0. The molecule has 4 nitrogen and oxygen atoms in total. The van der Waals surface area contributed by atoms with Crippen LogP contribution in [0.5, 0.6) is 5.75 Å². The summed E-state index contributed by atoms with van der Waals surface area (Å²) in [6.07, 6.45) is 0.185. The van der Waals surface area contributed by atoms with Crippen molar-refractivity contribution in [3.8, 4) is 5.75 Å². The molecule has 2 aromatic carbocycles. The molecular weight excluding hydrogens is 271 g/mol. The van der Waals surface area contributed by atoms with Crippen molar-refractivity contribution in [3.05, 3.63) is 58.9 Å². The second kappa shape index (κ2) is 5.18. The fraction of sp³-hybridized carbons (Fsp3) is 0.188. The van der Waals surface area contributed by atoms with Crippen LogP contribution in [0.2, 0.25) is 0 Å². The molecule has 0 saturated heterocycles. The summed E-state index contributed by atoms with van der Waals surface area (Å²) in [7, 11) is 1.58. The first-order valence-corrected chi connectivity index (χ1v) is 6.60. The minimum absolute atomic E-state index is 0.185. The average Bonchev–Trinajstić information content (AvgIpc) is 2.87. The number of amides is 1. The maximum Gasteiger partial charge on any atom is 0.228 e. The lowest BCUT2D eigenvalue weighted by Crippen LogP contribution is -2.12. The van der Waals surface area contributed by atoms with E-state index in [1.165, 1.54) is 6.07 Å². The summed E-state index contributed by atoms with van der Waals surface area (Å²) in [5, 5.41) is 2.52. The monoisotopic (exact) mass is 286 g/mol. The number of anilines is 1. The number of carbonyl (C=O) groups is 1. The molecule has 1 amide bonds. The molecule has 0 saturated carbocycles. The van der Waals surface area contributed by atoms with Crippen molar-refractivity contribution in [2.24, 2.45) is 5.73 Å². The van der Waals surface area contributed by atoms with Crippen LogP contribution in [0.1, 0.15) is 22.7 Å². The molecule has 3 rings (SSSR count). The van der Waals surface area contributed by atoms with Gasteiger partial charge in [-0.25, -0.2) is 4.39 Å². The van der Waals surface area contributed by atoms with Crippen LogP contribution in [0.25, 0.3) is 0 Å². The topological polar surface area (TPSA) is 64.3 Å². The van der Waals surface area contributed by atoms with Gasteiger partial charge >= 0.3 is 0 Å². The van der Waals surface area contributed by atoms with Crippen LogP contribution in [0.4, 0.5) is 10.1 Å². The summed E-state index contributed by atoms with van der Waals surface area (Å²) in [4.78, 5) is 11.4. The Kier molecular flexibility index (Phi) is 3.35. The normalized spacial score (nSPS) is 14.5. The van der Waals surface area contributed by atoms with E-state index in [4.69, 9.17) is 10.5 Å². The lowest BCUT2D eigenvalue weighted by molar-refractivity contribution is -0.115. The Morgan fingerprint density at radius 1 is 1.29 bits per heavy atom. The van der Waals surface area contributed by atoms with Gasteiger partial charge in [0.05, 0.1) is 25.3 Å². The lowest BCUT2D eigenvalue weighted by Gasteiger charge is -2.15. The van der Waals surface area contributed by atoms with Gasteiger partial charge in [-0.2, -0.15) is 0 Å². The van der Waals surface area contributed by atoms with Crippen LogP contribution in [0.15, 0.2) is 36.4 Å². The van der Waals surface area contributed by atoms with Crippen molar-refractivity contribution in [1.82, 2.24) is 0 Å². The molecule has 0 aromatic heterocycles. The number of nitrogens with one attached hydrogen (secondary N) is 1. The van der Waals surface area contributed by atoms with Crippen molar-refractivity contribution in [2.45, 2.75) is 12.5 Å². The highest BCUT2D eigenvalue weighted by Crippen LogP contribution is 2.31. The van der Waals surface area contributed by atoms with E-state index >= 15 is 0 Å². The molecule has 1 heterocycles. The first-order valence-electron chi connectivity index (χ1n) is 6.60. The molecule has 3 N–H and O–H groups in total. The van der Waals surface area contributed by atoms with E-state index < -0.39 is 11.9 Å². The smallest absolute Gasteiger partial charge is 0.228 e. The molecule has 108 valence electrons. The number of hydrogen-bond acceptors (Lipinski definition) is 3. The number of nitrogens with two attached hydrogens (primary N) is 1. The van der Waals surface area contributed by atoms with Gasteiger partial charge in [0.2, 0.25) is 5.91 Å².